The molecule has 0 N–H and O–H groups in total. The summed E-state index contributed by atoms with van der Waals surface area (Å²) in [5.74, 6) is -1.94. The summed E-state index contributed by atoms with van der Waals surface area (Å²) in [6, 6.07) is 2.12. The van der Waals surface area contributed by atoms with Crippen LogP contribution in [0.5, 0.6) is 0 Å². The number of amides is 2. The summed E-state index contributed by atoms with van der Waals surface area (Å²) >= 11 is 0. The minimum absolute atomic E-state index is 0.0104. The first-order chi connectivity index (χ1) is 11.1. The quantitative estimate of drug-likeness (QED) is 0.587. The fraction of sp³-hybridized carbons (Fsp3) is 0.375. The van der Waals surface area contributed by atoms with Crippen LogP contribution in [0.4, 0.5) is 17.6 Å². The monoisotopic (exact) mass is 346 g/mol. The molecule has 0 fully saturated rings. The number of hydrogen-bond acceptors (Lipinski definition) is 2. The van der Waals surface area contributed by atoms with Crippen molar-refractivity contribution in [3.8, 4) is 0 Å². The summed E-state index contributed by atoms with van der Waals surface area (Å²) in [5, 5.41) is 0. The maximum atomic E-state index is 13.4. The Balaban J connectivity index is 2.85. The van der Waals surface area contributed by atoms with Gasteiger partial charge in [0.15, 0.2) is 0 Å². The molecule has 0 atom stereocenters. The lowest BCUT2D eigenvalue weighted by Crippen LogP contribution is -2.40. The molecular weight excluding hydrogens is 328 g/mol. The predicted molar refractivity (Wildman–Crippen MR) is 80.3 cm³/mol. The molecule has 0 bridgehead atoms. The molecule has 2 amide bonds. The average molecular weight is 346 g/mol. The molecule has 0 aliphatic rings. The van der Waals surface area contributed by atoms with E-state index in [9.17, 15) is 27.2 Å². The molecule has 1 aromatic rings. The summed E-state index contributed by atoms with van der Waals surface area (Å²) < 4.78 is 51.4. The molecule has 8 heteroatoms. The van der Waals surface area contributed by atoms with Crippen molar-refractivity contribution in [3.63, 3.8) is 0 Å². The predicted octanol–water partition coefficient (Wildman–Crippen LogP) is 2.84. The number of carbonyl (C=O) groups is 2. The maximum absolute atomic E-state index is 13.4. The van der Waals surface area contributed by atoms with Gasteiger partial charge in [0.25, 0.3) is 0 Å². The first kappa shape index (κ1) is 19.7. The fourth-order valence-corrected chi connectivity index (χ4v) is 2.03. The van der Waals surface area contributed by atoms with Crippen molar-refractivity contribution in [2.75, 3.05) is 20.1 Å². The van der Waals surface area contributed by atoms with Crippen LogP contribution >= 0.6 is 0 Å². The topological polar surface area (TPSA) is 40.6 Å². The van der Waals surface area contributed by atoms with Gasteiger partial charge in [0, 0.05) is 20.1 Å². The van der Waals surface area contributed by atoms with Gasteiger partial charge in [-0.25, -0.2) is 4.39 Å². The Morgan fingerprint density at radius 2 is 1.88 bits per heavy atom. The number of benzene rings is 1. The van der Waals surface area contributed by atoms with E-state index >= 15 is 0 Å². The Kier molecular flexibility index (Phi) is 6.51. The molecule has 0 aromatic heterocycles. The summed E-state index contributed by atoms with van der Waals surface area (Å²) in [7, 11) is 1.37. The van der Waals surface area contributed by atoms with E-state index < -0.39 is 29.4 Å². The van der Waals surface area contributed by atoms with Crippen LogP contribution in [0.2, 0.25) is 0 Å². The third kappa shape index (κ3) is 5.36. The van der Waals surface area contributed by atoms with E-state index in [-0.39, 0.29) is 25.2 Å². The summed E-state index contributed by atoms with van der Waals surface area (Å²) in [6.45, 7) is 4.84. The van der Waals surface area contributed by atoms with Crippen molar-refractivity contribution in [1.29, 1.82) is 0 Å². The number of halogens is 4. The molecule has 24 heavy (non-hydrogen) atoms. The fourth-order valence-electron chi connectivity index (χ4n) is 2.03. The van der Waals surface area contributed by atoms with Crippen molar-refractivity contribution in [3.05, 3.63) is 47.8 Å². The van der Waals surface area contributed by atoms with E-state index in [4.69, 9.17) is 0 Å². The highest BCUT2D eigenvalue weighted by molar-refractivity contribution is 5.90. The highest BCUT2D eigenvalue weighted by Crippen LogP contribution is 2.30. The lowest BCUT2D eigenvalue weighted by atomic mass is 10.1. The van der Waals surface area contributed by atoms with Gasteiger partial charge in [-0.3, -0.25) is 9.59 Å². The first-order valence-electron chi connectivity index (χ1n) is 7.10. The zero-order chi connectivity index (χ0) is 18.5. The largest absolute Gasteiger partial charge is 0.416 e. The Bertz CT molecular complexity index is 629. The first-order valence-corrected chi connectivity index (χ1v) is 7.10. The van der Waals surface area contributed by atoms with Gasteiger partial charge in [-0.15, -0.1) is 0 Å². The van der Waals surface area contributed by atoms with Gasteiger partial charge in [-0.05, 0) is 36.8 Å². The van der Waals surface area contributed by atoms with Crippen LogP contribution in [-0.2, 0) is 22.3 Å². The maximum Gasteiger partial charge on any atom is 0.416 e. The molecule has 132 valence electrons. The van der Waals surface area contributed by atoms with Gasteiger partial charge in [0.2, 0.25) is 11.8 Å². The SMILES string of the molecule is C=CC(=O)N(CC)CC(=O)N(C)Cc1cc(F)cc(C(F)(F)F)c1. The molecule has 0 aliphatic carbocycles. The van der Waals surface area contributed by atoms with Gasteiger partial charge in [0.1, 0.15) is 5.82 Å². The van der Waals surface area contributed by atoms with Crippen LogP contribution in [0.1, 0.15) is 18.1 Å². The summed E-state index contributed by atoms with van der Waals surface area (Å²) in [5.41, 5.74) is -1.10. The molecule has 0 aliphatic heterocycles. The van der Waals surface area contributed by atoms with E-state index in [1.807, 2.05) is 0 Å². The van der Waals surface area contributed by atoms with Crippen LogP contribution in [0.15, 0.2) is 30.9 Å². The third-order valence-corrected chi connectivity index (χ3v) is 3.32. The molecule has 0 spiro atoms. The number of likely N-dealkylation sites (N-methyl/N-ethyl adjacent to an activating group) is 2. The number of hydrogen-bond donors (Lipinski definition) is 0. The van der Waals surface area contributed by atoms with Crippen molar-refractivity contribution in [2.24, 2.45) is 0 Å². The van der Waals surface area contributed by atoms with E-state index in [0.717, 1.165) is 23.1 Å². The summed E-state index contributed by atoms with van der Waals surface area (Å²) in [6.07, 6.45) is -3.60. The number of nitrogens with zero attached hydrogens (tertiary/aromatic N) is 2. The van der Waals surface area contributed by atoms with Crippen LogP contribution in [0, 0.1) is 5.82 Å². The van der Waals surface area contributed by atoms with Gasteiger partial charge < -0.3 is 9.80 Å². The van der Waals surface area contributed by atoms with Gasteiger partial charge in [0.05, 0.1) is 12.1 Å². The number of alkyl halides is 3. The van der Waals surface area contributed by atoms with Gasteiger partial charge in [-0.1, -0.05) is 6.58 Å². The normalized spacial score (nSPS) is 11.1. The zero-order valence-electron chi connectivity index (χ0n) is 13.4. The Morgan fingerprint density at radius 3 is 2.38 bits per heavy atom. The lowest BCUT2D eigenvalue weighted by Gasteiger charge is -2.23. The zero-order valence-corrected chi connectivity index (χ0v) is 13.4. The van der Waals surface area contributed by atoms with E-state index in [2.05, 4.69) is 6.58 Å². The smallest absolute Gasteiger partial charge is 0.340 e. The molecule has 0 radical (unpaired) electrons. The van der Waals surface area contributed by atoms with Gasteiger partial charge >= 0.3 is 6.18 Å². The van der Waals surface area contributed by atoms with Crippen LogP contribution < -0.4 is 0 Å². The van der Waals surface area contributed by atoms with Crippen LogP contribution in [-0.4, -0.2) is 41.8 Å². The average Bonchev–Trinajstić information content (AvgIpc) is 2.50. The standard InChI is InChI=1S/C16H18F4N2O2/c1-4-14(23)22(5-2)10-15(24)21(3)9-11-6-12(16(18,19)20)8-13(17)7-11/h4,6-8H,1,5,9-10H2,2-3H3. The second-order valence-corrected chi connectivity index (χ2v) is 5.15. The van der Waals surface area contributed by atoms with Crippen molar-refractivity contribution >= 4 is 11.8 Å². The van der Waals surface area contributed by atoms with Crippen molar-refractivity contribution < 1.29 is 27.2 Å². The molecule has 0 saturated carbocycles. The second-order valence-electron chi connectivity index (χ2n) is 5.15. The molecule has 1 rings (SSSR count). The van der Waals surface area contributed by atoms with E-state index in [0.29, 0.717) is 6.07 Å². The highest BCUT2D eigenvalue weighted by Gasteiger charge is 2.31. The van der Waals surface area contributed by atoms with Gasteiger partial charge in [-0.2, -0.15) is 13.2 Å². The lowest BCUT2D eigenvalue weighted by molar-refractivity contribution is -0.138. The summed E-state index contributed by atoms with van der Waals surface area (Å²) in [4.78, 5) is 26.0. The number of rotatable bonds is 6. The Morgan fingerprint density at radius 1 is 1.25 bits per heavy atom. The minimum atomic E-state index is -4.67. The van der Waals surface area contributed by atoms with Crippen LogP contribution in [0.3, 0.4) is 0 Å². The van der Waals surface area contributed by atoms with E-state index in [1.165, 1.54) is 11.9 Å². The molecule has 1 aromatic carbocycles. The van der Waals surface area contributed by atoms with Crippen molar-refractivity contribution in [1.82, 2.24) is 9.80 Å². The van der Waals surface area contributed by atoms with Crippen molar-refractivity contribution in [2.45, 2.75) is 19.6 Å². The Hall–Kier alpha value is -2.38. The third-order valence-electron chi connectivity index (χ3n) is 3.32. The highest BCUT2D eigenvalue weighted by atomic mass is 19.4. The minimum Gasteiger partial charge on any atom is -0.340 e. The molecule has 0 unspecified atom stereocenters. The molecule has 0 heterocycles. The Labute approximate surface area is 137 Å². The van der Waals surface area contributed by atoms with E-state index in [1.54, 1.807) is 6.92 Å². The molecule has 4 nitrogen and oxygen atoms in total. The number of carbonyl (C=O) groups excluding carboxylic acids is 2. The second kappa shape index (κ2) is 7.94. The molecule has 0 saturated heterocycles. The molecular formula is C16H18F4N2O2. The van der Waals surface area contributed by atoms with Crippen LogP contribution in [0.25, 0.3) is 0 Å².